The lowest BCUT2D eigenvalue weighted by Gasteiger charge is -2.22. The summed E-state index contributed by atoms with van der Waals surface area (Å²) in [6.07, 6.45) is 0. The number of amides is 1. The summed E-state index contributed by atoms with van der Waals surface area (Å²) in [6, 6.07) is 7.96. The summed E-state index contributed by atoms with van der Waals surface area (Å²) in [5, 5.41) is 5.92. The summed E-state index contributed by atoms with van der Waals surface area (Å²) >= 11 is 0. The number of guanidine groups is 1. The van der Waals surface area contributed by atoms with Gasteiger partial charge in [-0.3, -0.25) is 4.79 Å². The molecule has 0 aromatic heterocycles. The summed E-state index contributed by atoms with van der Waals surface area (Å²) in [4.78, 5) is 18.0. The molecule has 1 rings (SSSR count). The van der Waals surface area contributed by atoms with Crippen LogP contribution in [0.2, 0.25) is 0 Å². The zero-order chi connectivity index (χ0) is 18.5. The highest BCUT2D eigenvalue weighted by Crippen LogP contribution is 2.11. The zero-order valence-electron chi connectivity index (χ0n) is 15.7. The minimum Gasteiger partial charge on any atom is -0.492 e. The van der Waals surface area contributed by atoms with Gasteiger partial charge in [-0.15, -0.1) is 0 Å². The Labute approximate surface area is 150 Å². The first kappa shape index (κ1) is 20.8. The molecule has 0 spiro atoms. The van der Waals surface area contributed by atoms with Crippen LogP contribution in [0.25, 0.3) is 0 Å². The van der Waals surface area contributed by atoms with E-state index in [1.807, 2.05) is 50.1 Å². The average molecular weight is 350 g/mol. The van der Waals surface area contributed by atoms with Gasteiger partial charge in [-0.1, -0.05) is 17.7 Å². The Morgan fingerprint density at radius 3 is 2.56 bits per heavy atom. The van der Waals surface area contributed by atoms with Crippen LogP contribution in [0, 0.1) is 6.92 Å². The Balaban J connectivity index is 2.43. The number of rotatable bonds is 10. The van der Waals surface area contributed by atoms with E-state index in [9.17, 15) is 4.79 Å². The van der Waals surface area contributed by atoms with Gasteiger partial charge in [0.2, 0.25) is 5.91 Å². The highest BCUT2D eigenvalue weighted by Gasteiger charge is 2.07. The summed E-state index contributed by atoms with van der Waals surface area (Å²) < 4.78 is 10.6. The Hall–Kier alpha value is -2.28. The van der Waals surface area contributed by atoms with E-state index in [-0.39, 0.29) is 12.5 Å². The van der Waals surface area contributed by atoms with Gasteiger partial charge < -0.3 is 25.0 Å². The lowest BCUT2D eigenvalue weighted by atomic mass is 10.2. The Kier molecular flexibility index (Phi) is 10.1. The van der Waals surface area contributed by atoms with E-state index >= 15 is 0 Å². The smallest absolute Gasteiger partial charge is 0.241 e. The molecule has 0 aliphatic rings. The Morgan fingerprint density at radius 2 is 1.92 bits per heavy atom. The van der Waals surface area contributed by atoms with Crippen molar-refractivity contribution in [2.75, 3.05) is 53.6 Å². The number of carbonyl (C=O) groups is 1. The largest absolute Gasteiger partial charge is 0.492 e. The molecule has 0 saturated heterocycles. The van der Waals surface area contributed by atoms with E-state index in [1.165, 1.54) is 5.56 Å². The molecule has 140 valence electrons. The molecule has 0 aliphatic carbocycles. The van der Waals surface area contributed by atoms with Crippen molar-refractivity contribution in [3.63, 3.8) is 0 Å². The minimum atomic E-state index is -0.128. The Bertz CT molecular complexity index is 532. The van der Waals surface area contributed by atoms with E-state index < -0.39 is 0 Å². The minimum absolute atomic E-state index is 0.0786. The number of hydrogen-bond donors (Lipinski definition) is 2. The molecule has 2 N–H and O–H groups in total. The van der Waals surface area contributed by atoms with Gasteiger partial charge in [0.25, 0.3) is 0 Å². The summed E-state index contributed by atoms with van der Waals surface area (Å²) in [7, 11) is 3.52. The number of carbonyl (C=O) groups excluding carboxylic acids is 1. The summed E-state index contributed by atoms with van der Waals surface area (Å²) in [5.41, 5.74) is 1.20. The van der Waals surface area contributed by atoms with Crippen molar-refractivity contribution < 1.29 is 14.3 Å². The monoisotopic (exact) mass is 350 g/mol. The van der Waals surface area contributed by atoms with Crippen molar-refractivity contribution in [1.82, 2.24) is 15.5 Å². The van der Waals surface area contributed by atoms with E-state index in [0.29, 0.717) is 32.3 Å². The third kappa shape index (κ3) is 8.95. The van der Waals surface area contributed by atoms with Crippen molar-refractivity contribution in [3.05, 3.63) is 29.8 Å². The number of hydrogen-bond acceptors (Lipinski definition) is 4. The number of likely N-dealkylation sites (N-methyl/N-ethyl adjacent to an activating group) is 1. The van der Waals surface area contributed by atoms with Crippen LogP contribution < -0.4 is 15.4 Å². The second-order valence-electron chi connectivity index (χ2n) is 5.60. The van der Waals surface area contributed by atoms with Gasteiger partial charge in [-0.2, -0.15) is 0 Å². The van der Waals surface area contributed by atoms with Gasteiger partial charge in [0, 0.05) is 27.2 Å². The van der Waals surface area contributed by atoms with Gasteiger partial charge in [0.15, 0.2) is 5.96 Å². The van der Waals surface area contributed by atoms with Crippen LogP contribution in [-0.4, -0.2) is 70.3 Å². The Morgan fingerprint density at radius 1 is 1.20 bits per heavy atom. The van der Waals surface area contributed by atoms with E-state index in [1.54, 1.807) is 7.11 Å². The van der Waals surface area contributed by atoms with Gasteiger partial charge >= 0.3 is 0 Å². The van der Waals surface area contributed by atoms with Crippen molar-refractivity contribution in [1.29, 1.82) is 0 Å². The SMILES string of the molecule is CCNC(=NCC(=O)NCCOC)N(C)CCOc1ccc(C)cc1. The van der Waals surface area contributed by atoms with Crippen LogP contribution in [0.5, 0.6) is 5.75 Å². The van der Waals surface area contributed by atoms with Crippen molar-refractivity contribution in [2.45, 2.75) is 13.8 Å². The number of methoxy groups -OCH3 is 1. The molecule has 0 saturated carbocycles. The molecule has 0 bridgehead atoms. The number of aryl methyl sites for hydroxylation is 1. The maximum absolute atomic E-state index is 11.7. The zero-order valence-corrected chi connectivity index (χ0v) is 15.7. The number of benzene rings is 1. The summed E-state index contributed by atoms with van der Waals surface area (Å²) in [5.74, 6) is 1.40. The van der Waals surface area contributed by atoms with Crippen LogP contribution in [0.15, 0.2) is 29.3 Å². The van der Waals surface area contributed by atoms with Crippen LogP contribution in [0.3, 0.4) is 0 Å². The second-order valence-corrected chi connectivity index (χ2v) is 5.60. The topological polar surface area (TPSA) is 75.2 Å². The maximum atomic E-state index is 11.7. The third-order valence-electron chi connectivity index (χ3n) is 3.41. The van der Waals surface area contributed by atoms with Gasteiger partial charge in [-0.05, 0) is 26.0 Å². The lowest BCUT2D eigenvalue weighted by Crippen LogP contribution is -2.41. The molecule has 1 amide bonds. The van der Waals surface area contributed by atoms with Crippen molar-refractivity contribution in [3.8, 4) is 5.75 Å². The number of ether oxygens (including phenoxy) is 2. The molecule has 0 radical (unpaired) electrons. The van der Waals surface area contributed by atoms with Crippen molar-refractivity contribution in [2.24, 2.45) is 4.99 Å². The molecule has 0 heterocycles. The predicted molar refractivity (Wildman–Crippen MR) is 100 cm³/mol. The maximum Gasteiger partial charge on any atom is 0.241 e. The van der Waals surface area contributed by atoms with E-state index in [0.717, 1.165) is 12.3 Å². The summed E-state index contributed by atoms with van der Waals surface area (Å²) in [6.45, 7) is 7.01. The number of aliphatic imine (C=N–C) groups is 1. The normalized spacial score (nSPS) is 11.1. The molecule has 0 atom stereocenters. The predicted octanol–water partition coefficient (Wildman–Crippen LogP) is 1.03. The fraction of sp³-hybridized carbons (Fsp3) is 0.556. The van der Waals surface area contributed by atoms with Crippen LogP contribution in [0.4, 0.5) is 0 Å². The van der Waals surface area contributed by atoms with Crippen LogP contribution >= 0.6 is 0 Å². The first-order valence-electron chi connectivity index (χ1n) is 8.51. The molecule has 7 heteroatoms. The fourth-order valence-corrected chi connectivity index (χ4v) is 2.01. The average Bonchev–Trinajstić information content (AvgIpc) is 2.60. The van der Waals surface area contributed by atoms with Gasteiger partial charge in [-0.25, -0.2) is 4.99 Å². The second kappa shape index (κ2) is 12.1. The van der Waals surface area contributed by atoms with E-state index in [4.69, 9.17) is 9.47 Å². The van der Waals surface area contributed by atoms with Gasteiger partial charge in [0.1, 0.15) is 18.9 Å². The molecule has 0 unspecified atom stereocenters. The van der Waals surface area contributed by atoms with E-state index in [2.05, 4.69) is 15.6 Å². The molecule has 0 fully saturated rings. The third-order valence-corrected chi connectivity index (χ3v) is 3.41. The molecule has 7 nitrogen and oxygen atoms in total. The highest BCUT2D eigenvalue weighted by molar-refractivity contribution is 5.84. The lowest BCUT2D eigenvalue weighted by molar-refractivity contribution is -0.119. The van der Waals surface area contributed by atoms with Crippen LogP contribution in [-0.2, 0) is 9.53 Å². The first-order valence-corrected chi connectivity index (χ1v) is 8.51. The molecule has 1 aromatic carbocycles. The van der Waals surface area contributed by atoms with Crippen molar-refractivity contribution >= 4 is 11.9 Å². The molecule has 1 aromatic rings. The quantitative estimate of drug-likeness (QED) is 0.375. The number of nitrogens with one attached hydrogen (secondary N) is 2. The first-order chi connectivity index (χ1) is 12.1. The molecular formula is C18H30N4O3. The highest BCUT2D eigenvalue weighted by atomic mass is 16.5. The van der Waals surface area contributed by atoms with Crippen LogP contribution in [0.1, 0.15) is 12.5 Å². The fourth-order valence-electron chi connectivity index (χ4n) is 2.01. The standard InChI is InChI=1S/C18H30N4O3/c1-5-19-18(21-14-17(23)20-10-12-24-4)22(3)11-13-25-16-8-6-15(2)7-9-16/h6-9H,5,10-14H2,1-4H3,(H,19,21)(H,20,23). The molecule has 0 aliphatic heterocycles. The molecule has 25 heavy (non-hydrogen) atoms. The number of nitrogens with zero attached hydrogens (tertiary/aromatic N) is 2. The molecular weight excluding hydrogens is 320 g/mol. The van der Waals surface area contributed by atoms with Gasteiger partial charge in [0.05, 0.1) is 13.2 Å².